The lowest BCUT2D eigenvalue weighted by Gasteiger charge is -2.34. The van der Waals surface area contributed by atoms with Crippen molar-refractivity contribution in [2.45, 2.75) is 63.1 Å². The zero-order chi connectivity index (χ0) is 18.5. The number of sulfonamides is 1. The third kappa shape index (κ3) is 3.58. The molecule has 0 radical (unpaired) electrons. The van der Waals surface area contributed by atoms with Crippen molar-refractivity contribution in [1.29, 1.82) is 0 Å². The van der Waals surface area contributed by atoms with E-state index in [0.717, 1.165) is 11.2 Å². The second-order valence-electron chi connectivity index (χ2n) is 7.74. The maximum Gasteiger partial charge on any atom is 0.494 e. The van der Waals surface area contributed by atoms with Crippen LogP contribution in [0.3, 0.4) is 0 Å². The maximum atomic E-state index is 11.7. The first-order valence-corrected chi connectivity index (χ1v) is 10.1. The Morgan fingerprint density at radius 1 is 1.12 bits per heavy atom. The number of rotatable bonds is 5. The van der Waals surface area contributed by atoms with Crippen LogP contribution in [0.2, 0.25) is 0 Å². The van der Waals surface area contributed by atoms with Crippen molar-refractivity contribution in [2.75, 3.05) is 7.05 Å². The van der Waals surface area contributed by atoms with E-state index in [1.807, 2.05) is 52.0 Å². The molecule has 0 unspecified atom stereocenters. The van der Waals surface area contributed by atoms with Crippen LogP contribution in [-0.2, 0) is 19.3 Å². The summed E-state index contributed by atoms with van der Waals surface area (Å²) >= 11 is 0. The molecule has 1 saturated carbocycles. The smallest absolute Gasteiger partial charge is 0.490 e. The Hall–Kier alpha value is -1.09. The van der Waals surface area contributed by atoms with Crippen LogP contribution in [0.4, 0.5) is 0 Å². The van der Waals surface area contributed by atoms with Crippen LogP contribution < -0.4 is 14.9 Å². The Bertz CT molecular complexity index is 716. The number of nitrogens with one attached hydrogen (secondary N) is 1. The van der Waals surface area contributed by atoms with Gasteiger partial charge >= 0.3 is 7.12 Å². The van der Waals surface area contributed by atoms with Gasteiger partial charge in [0.15, 0.2) is 0 Å². The number of benzene rings is 1. The summed E-state index contributed by atoms with van der Waals surface area (Å²) in [5.74, 6) is 0.727. The largest absolute Gasteiger partial charge is 0.494 e. The molecule has 2 aliphatic rings. The Morgan fingerprint density at radius 3 is 2.12 bits per heavy atom. The predicted molar refractivity (Wildman–Crippen MR) is 99.7 cm³/mol. The van der Waals surface area contributed by atoms with Gasteiger partial charge < -0.3 is 14.0 Å². The predicted octanol–water partition coefficient (Wildman–Crippen LogP) is 1.69. The van der Waals surface area contributed by atoms with Gasteiger partial charge in [0, 0.05) is 14.3 Å². The van der Waals surface area contributed by atoms with E-state index in [1.54, 1.807) is 0 Å². The number of hydrogen-bond acceptors (Lipinski definition) is 5. The highest BCUT2D eigenvalue weighted by atomic mass is 32.2. The first kappa shape index (κ1) is 18.7. The van der Waals surface area contributed by atoms with E-state index in [2.05, 4.69) is 4.72 Å². The van der Waals surface area contributed by atoms with Crippen molar-refractivity contribution in [3.63, 3.8) is 0 Å². The lowest BCUT2D eigenvalue weighted by Crippen LogP contribution is -2.46. The molecular formula is C17H28BNO5S. The maximum absolute atomic E-state index is 11.7. The van der Waals surface area contributed by atoms with E-state index in [4.69, 9.17) is 14.0 Å². The Balaban J connectivity index is 0.00000243. The molecule has 25 heavy (non-hydrogen) atoms. The second-order valence-corrected chi connectivity index (χ2v) is 9.90. The lowest BCUT2D eigenvalue weighted by molar-refractivity contribution is 0.00578. The monoisotopic (exact) mass is 369 g/mol. The molecule has 0 spiro atoms. The summed E-state index contributed by atoms with van der Waals surface area (Å²) in [4.78, 5) is 0. The molecule has 1 saturated heterocycles. The van der Waals surface area contributed by atoms with Crippen LogP contribution >= 0.6 is 0 Å². The molecule has 1 aromatic carbocycles. The van der Waals surface area contributed by atoms with Gasteiger partial charge in [0.05, 0.1) is 16.5 Å². The molecule has 2 fully saturated rings. The van der Waals surface area contributed by atoms with Crippen molar-refractivity contribution in [3.05, 3.63) is 24.3 Å². The minimum atomic E-state index is -3.19. The van der Waals surface area contributed by atoms with Crippen molar-refractivity contribution >= 4 is 22.6 Å². The van der Waals surface area contributed by atoms with Gasteiger partial charge in [-0.15, -0.1) is 0 Å². The minimum absolute atomic E-state index is 0. The fraction of sp³-hybridized carbons (Fsp3) is 0.647. The first-order valence-electron chi connectivity index (χ1n) is 8.59. The Kier molecular flexibility index (Phi) is 4.69. The van der Waals surface area contributed by atoms with Gasteiger partial charge in [-0.2, -0.15) is 0 Å². The van der Waals surface area contributed by atoms with E-state index in [0.29, 0.717) is 12.8 Å². The third-order valence-corrected chi connectivity index (χ3v) is 7.31. The SMILES string of the molecule is CNS(=O)(=O)C1CC(Oc2ccc(B3OC(C)(C)C(C)(C)O3)cc2)C1.[HH]. The van der Waals surface area contributed by atoms with Crippen LogP contribution in [0.1, 0.15) is 42.0 Å². The fourth-order valence-corrected chi connectivity index (χ4v) is 4.18. The van der Waals surface area contributed by atoms with E-state index >= 15 is 0 Å². The zero-order valence-corrected chi connectivity index (χ0v) is 16.2. The zero-order valence-electron chi connectivity index (χ0n) is 15.4. The fourth-order valence-electron chi connectivity index (χ4n) is 2.91. The normalized spacial score (nSPS) is 27.8. The van der Waals surface area contributed by atoms with Gasteiger partial charge in [-0.05, 0) is 52.3 Å². The topological polar surface area (TPSA) is 73.9 Å². The van der Waals surface area contributed by atoms with Crippen molar-refractivity contribution in [3.8, 4) is 5.75 Å². The van der Waals surface area contributed by atoms with E-state index in [9.17, 15) is 8.42 Å². The summed E-state index contributed by atoms with van der Waals surface area (Å²) < 4.78 is 43.6. The molecule has 0 atom stereocenters. The first-order chi connectivity index (χ1) is 11.5. The summed E-state index contributed by atoms with van der Waals surface area (Å²) in [6, 6.07) is 7.61. The molecule has 1 aromatic rings. The van der Waals surface area contributed by atoms with Crippen LogP contribution in [0.5, 0.6) is 5.75 Å². The molecule has 6 nitrogen and oxygen atoms in total. The molecule has 1 heterocycles. The minimum Gasteiger partial charge on any atom is -0.490 e. The van der Waals surface area contributed by atoms with Crippen molar-refractivity contribution < 1.29 is 23.9 Å². The van der Waals surface area contributed by atoms with Gasteiger partial charge in [-0.3, -0.25) is 0 Å². The van der Waals surface area contributed by atoms with Gasteiger partial charge in [0.1, 0.15) is 11.9 Å². The Morgan fingerprint density at radius 2 is 1.64 bits per heavy atom. The lowest BCUT2D eigenvalue weighted by atomic mass is 9.79. The van der Waals surface area contributed by atoms with Crippen LogP contribution in [0.25, 0.3) is 0 Å². The van der Waals surface area contributed by atoms with Crippen molar-refractivity contribution in [1.82, 2.24) is 4.72 Å². The molecule has 0 bridgehead atoms. The molecular weight excluding hydrogens is 341 g/mol. The molecule has 0 aromatic heterocycles. The molecule has 8 heteroatoms. The van der Waals surface area contributed by atoms with Gasteiger partial charge in [-0.25, -0.2) is 13.1 Å². The van der Waals surface area contributed by atoms with Gasteiger partial charge in [0.2, 0.25) is 10.0 Å². The average molecular weight is 369 g/mol. The highest BCUT2D eigenvalue weighted by Crippen LogP contribution is 2.36. The molecule has 3 rings (SSSR count). The summed E-state index contributed by atoms with van der Waals surface area (Å²) in [6.45, 7) is 8.10. The van der Waals surface area contributed by atoms with Gasteiger partial charge in [0.25, 0.3) is 0 Å². The molecule has 0 amide bonds. The van der Waals surface area contributed by atoms with E-state index in [1.165, 1.54) is 7.05 Å². The number of ether oxygens (including phenoxy) is 1. The molecule has 1 aliphatic heterocycles. The molecule has 140 valence electrons. The molecule has 1 aliphatic carbocycles. The van der Waals surface area contributed by atoms with Crippen molar-refractivity contribution in [2.24, 2.45) is 0 Å². The summed E-state index contributed by atoms with van der Waals surface area (Å²) in [7, 11) is -2.14. The standard InChI is InChI=1S/C17H26BNO5S.H2/c1-16(2)17(3,4)24-18(23-16)12-6-8-13(9-7-12)22-14-10-15(11-14)25(20,21)19-5;/h6-9,14-15,19H,10-11H2,1-5H3;1H. The van der Waals surface area contributed by atoms with E-state index in [-0.39, 0.29) is 24.0 Å². The summed E-state index contributed by atoms with van der Waals surface area (Å²) in [5, 5.41) is -0.355. The molecule has 1 N–H and O–H groups in total. The van der Waals surface area contributed by atoms with Crippen LogP contribution in [0, 0.1) is 0 Å². The van der Waals surface area contributed by atoms with Gasteiger partial charge in [-0.1, -0.05) is 12.1 Å². The average Bonchev–Trinajstić information content (AvgIpc) is 2.71. The summed E-state index contributed by atoms with van der Waals surface area (Å²) in [6.07, 6.45) is 0.973. The highest BCUT2D eigenvalue weighted by Gasteiger charge is 2.51. The third-order valence-electron chi connectivity index (χ3n) is 5.48. The Labute approximate surface area is 151 Å². The number of hydrogen-bond donors (Lipinski definition) is 1. The summed E-state index contributed by atoms with van der Waals surface area (Å²) in [5.41, 5.74) is 0.203. The second kappa shape index (κ2) is 6.26. The quantitative estimate of drug-likeness (QED) is 0.800. The van der Waals surface area contributed by atoms with E-state index < -0.39 is 17.1 Å². The van der Waals surface area contributed by atoms with Crippen LogP contribution in [-0.4, -0.2) is 45.1 Å². The van der Waals surface area contributed by atoms with Crippen LogP contribution in [0.15, 0.2) is 24.3 Å². The highest BCUT2D eigenvalue weighted by molar-refractivity contribution is 7.90.